The number of rotatable bonds is 9. The Hall–Kier alpha value is -4.36. The summed E-state index contributed by atoms with van der Waals surface area (Å²) >= 11 is 0. The van der Waals surface area contributed by atoms with Gasteiger partial charge in [-0.25, -0.2) is 0 Å². The summed E-state index contributed by atoms with van der Waals surface area (Å²) in [6, 6.07) is 24.5. The molecule has 0 spiro atoms. The molecule has 2 heterocycles. The van der Waals surface area contributed by atoms with Gasteiger partial charge in [0.15, 0.2) is 11.5 Å². The molecule has 1 amide bonds. The van der Waals surface area contributed by atoms with E-state index in [2.05, 4.69) is 0 Å². The second-order valence-corrected chi connectivity index (χ2v) is 9.05. The summed E-state index contributed by atoms with van der Waals surface area (Å²) < 4.78 is 17.4. The lowest BCUT2D eigenvalue weighted by atomic mass is 9.95. The third kappa shape index (κ3) is 4.99. The van der Waals surface area contributed by atoms with Crippen LogP contribution in [0.1, 0.15) is 36.0 Å². The van der Waals surface area contributed by atoms with Gasteiger partial charge in [-0.05, 0) is 55.8 Å². The van der Waals surface area contributed by atoms with Crippen LogP contribution in [0.2, 0.25) is 0 Å². The zero-order valence-electron chi connectivity index (χ0n) is 20.6. The fourth-order valence-corrected chi connectivity index (χ4v) is 4.45. The van der Waals surface area contributed by atoms with Crippen molar-refractivity contribution in [3.63, 3.8) is 0 Å². The number of aliphatic hydroxyl groups excluding tert-OH is 1. The van der Waals surface area contributed by atoms with Crippen LogP contribution in [0, 0.1) is 0 Å². The molecular formula is C30H27NO6. The summed E-state index contributed by atoms with van der Waals surface area (Å²) in [5.74, 6) is -0.524. The van der Waals surface area contributed by atoms with Crippen molar-refractivity contribution >= 4 is 22.7 Å². The molecule has 0 aliphatic carbocycles. The summed E-state index contributed by atoms with van der Waals surface area (Å²) in [5.41, 5.74) is 1.13. The second kappa shape index (κ2) is 10.3. The van der Waals surface area contributed by atoms with Crippen LogP contribution in [-0.4, -0.2) is 41.0 Å². The van der Waals surface area contributed by atoms with Crippen molar-refractivity contribution in [2.24, 2.45) is 0 Å². The normalized spacial score (nSPS) is 15.7. The van der Waals surface area contributed by atoms with Gasteiger partial charge in [0.2, 0.25) is 5.78 Å². The molecule has 0 saturated heterocycles. The van der Waals surface area contributed by atoms with E-state index in [1.54, 1.807) is 36.4 Å². The number of aliphatic hydroxyl groups is 1. The molecule has 5 rings (SSSR count). The first-order valence-corrected chi connectivity index (χ1v) is 12.1. The number of benzene rings is 3. The zero-order valence-corrected chi connectivity index (χ0v) is 20.6. The Bertz CT molecular complexity index is 1440. The van der Waals surface area contributed by atoms with E-state index in [1.807, 2.05) is 62.4 Å². The van der Waals surface area contributed by atoms with Gasteiger partial charge in [0.1, 0.15) is 17.1 Å². The highest BCUT2D eigenvalue weighted by atomic mass is 16.5. The lowest BCUT2D eigenvalue weighted by molar-refractivity contribution is -0.130. The van der Waals surface area contributed by atoms with Gasteiger partial charge >= 0.3 is 0 Å². The molecular weight excluding hydrogens is 470 g/mol. The highest BCUT2D eigenvalue weighted by Gasteiger charge is 2.44. The number of carbonyl (C=O) groups is 2. The molecule has 4 aromatic rings. The monoisotopic (exact) mass is 497 g/mol. The van der Waals surface area contributed by atoms with E-state index >= 15 is 0 Å². The molecule has 37 heavy (non-hydrogen) atoms. The number of fused-ring (bicyclic) bond motifs is 1. The lowest BCUT2D eigenvalue weighted by Crippen LogP contribution is -2.34. The second-order valence-electron chi connectivity index (χ2n) is 9.05. The Morgan fingerprint density at radius 2 is 1.70 bits per heavy atom. The van der Waals surface area contributed by atoms with Gasteiger partial charge in [0.25, 0.3) is 5.91 Å². The van der Waals surface area contributed by atoms with Crippen LogP contribution in [0.15, 0.2) is 101 Å². The number of carbonyl (C=O) groups excluding carboxylic acids is 2. The summed E-state index contributed by atoms with van der Waals surface area (Å²) in [6.45, 7) is 4.24. The molecule has 0 radical (unpaired) electrons. The first kappa shape index (κ1) is 24.3. The number of furan rings is 1. The van der Waals surface area contributed by atoms with Crippen molar-refractivity contribution in [3.05, 3.63) is 108 Å². The van der Waals surface area contributed by atoms with Crippen LogP contribution in [-0.2, 0) is 9.53 Å². The molecule has 0 fully saturated rings. The molecule has 3 aromatic carbocycles. The predicted molar refractivity (Wildman–Crippen MR) is 139 cm³/mol. The average molecular weight is 498 g/mol. The molecule has 7 heteroatoms. The Kier molecular flexibility index (Phi) is 6.79. The first-order chi connectivity index (χ1) is 17.9. The van der Waals surface area contributed by atoms with Crippen LogP contribution in [0.4, 0.5) is 0 Å². The van der Waals surface area contributed by atoms with E-state index in [9.17, 15) is 14.7 Å². The van der Waals surface area contributed by atoms with Gasteiger partial charge in [-0.15, -0.1) is 0 Å². The molecule has 1 aromatic heterocycles. The van der Waals surface area contributed by atoms with Gasteiger partial charge in [-0.1, -0.05) is 48.5 Å². The van der Waals surface area contributed by atoms with Crippen molar-refractivity contribution in [2.75, 3.05) is 13.2 Å². The van der Waals surface area contributed by atoms with Gasteiger partial charge in [-0.3, -0.25) is 9.59 Å². The molecule has 188 valence electrons. The quantitative estimate of drug-likeness (QED) is 0.276. The van der Waals surface area contributed by atoms with E-state index in [0.717, 1.165) is 5.39 Å². The van der Waals surface area contributed by atoms with E-state index < -0.39 is 23.5 Å². The number of para-hydroxylation sites is 2. The van der Waals surface area contributed by atoms with Crippen LogP contribution in [0.3, 0.4) is 0 Å². The van der Waals surface area contributed by atoms with Crippen LogP contribution in [0.5, 0.6) is 11.5 Å². The highest BCUT2D eigenvalue weighted by molar-refractivity contribution is 6.16. The van der Waals surface area contributed by atoms with Crippen molar-refractivity contribution in [3.8, 4) is 11.5 Å². The van der Waals surface area contributed by atoms with Gasteiger partial charge in [-0.2, -0.15) is 0 Å². The number of hydrogen-bond donors (Lipinski definition) is 1. The highest BCUT2D eigenvalue weighted by Crippen LogP contribution is 2.40. The van der Waals surface area contributed by atoms with E-state index in [-0.39, 0.29) is 30.6 Å². The Balaban J connectivity index is 1.53. The Morgan fingerprint density at radius 3 is 2.46 bits per heavy atom. The van der Waals surface area contributed by atoms with Gasteiger partial charge < -0.3 is 23.9 Å². The summed E-state index contributed by atoms with van der Waals surface area (Å²) in [5, 5.41) is 11.7. The number of nitrogens with zero attached hydrogens (tertiary/aromatic N) is 1. The Labute approximate surface area is 214 Å². The van der Waals surface area contributed by atoms with Crippen LogP contribution in [0.25, 0.3) is 11.0 Å². The SMILES string of the molecule is CC(C)OCCN1C(=O)C(O)=C(C(=O)c2cc3ccccc3o2)C1c1cccc(Oc2ccccc2)c1. The molecule has 1 aliphatic heterocycles. The minimum Gasteiger partial charge on any atom is -0.503 e. The molecule has 1 N–H and O–H groups in total. The topological polar surface area (TPSA) is 89.2 Å². The maximum absolute atomic E-state index is 13.7. The third-order valence-corrected chi connectivity index (χ3v) is 6.13. The molecule has 1 atom stereocenters. The predicted octanol–water partition coefficient (Wildman–Crippen LogP) is 6.23. The standard InChI is InChI=1S/C30H27NO6/c1-19(2)35-16-15-31-27(21-10-8-13-23(17-21)36-22-11-4-3-5-12-22)26(29(33)30(31)34)28(32)25-18-20-9-6-7-14-24(20)37-25/h3-14,17-19,27,33H,15-16H2,1-2H3. The third-order valence-electron chi connectivity index (χ3n) is 6.13. The molecule has 1 unspecified atom stereocenters. The lowest BCUT2D eigenvalue weighted by Gasteiger charge is -2.27. The number of amides is 1. The maximum Gasteiger partial charge on any atom is 0.290 e. The number of Topliss-reactive ketones (excluding diaryl/α,β-unsaturated/α-hetero) is 1. The largest absolute Gasteiger partial charge is 0.503 e. The molecule has 1 aliphatic rings. The van der Waals surface area contributed by atoms with Crippen molar-refractivity contribution in [2.45, 2.75) is 26.0 Å². The van der Waals surface area contributed by atoms with Gasteiger partial charge in [0, 0.05) is 11.9 Å². The average Bonchev–Trinajstić information content (AvgIpc) is 3.44. The first-order valence-electron chi connectivity index (χ1n) is 12.1. The number of ketones is 1. The fraction of sp³-hybridized carbons (Fsp3) is 0.200. The summed E-state index contributed by atoms with van der Waals surface area (Å²) in [7, 11) is 0. The summed E-state index contributed by atoms with van der Waals surface area (Å²) in [4.78, 5) is 28.4. The van der Waals surface area contributed by atoms with Crippen molar-refractivity contribution in [1.29, 1.82) is 0 Å². The number of hydrogen-bond acceptors (Lipinski definition) is 6. The minimum absolute atomic E-state index is 0.0306. The smallest absolute Gasteiger partial charge is 0.290 e. The maximum atomic E-state index is 13.7. The van der Waals surface area contributed by atoms with Crippen LogP contribution < -0.4 is 4.74 Å². The van der Waals surface area contributed by atoms with E-state index in [4.69, 9.17) is 13.9 Å². The fourth-order valence-electron chi connectivity index (χ4n) is 4.45. The van der Waals surface area contributed by atoms with E-state index in [0.29, 0.717) is 22.6 Å². The van der Waals surface area contributed by atoms with Crippen molar-refractivity contribution in [1.82, 2.24) is 4.90 Å². The number of ether oxygens (including phenoxy) is 2. The Morgan fingerprint density at radius 1 is 0.973 bits per heavy atom. The minimum atomic E-state index is -0.844. The molecule has 7 nitrogen and oxygen atoms in total. The van der Waals surface area contributed by atoms with Crippen molar-refractivity contribution < 1.29 is 28.6 Å². The zero-order chi connectivity index (χ0) is 25.9. The molecule has 0 bridgehead atoms. The van der Waals surface area contributed by atoms with Crippen LogP contribution >= 0.6 is 0 Å². The van der Waals surface area contributed by atoms with E-state index in [1.165, 1.54) is 4.90 Å². The molecule has 0 saturated carbocycles. The summed E-state index contributed by atoms with van der Waals surface area (Å²) in [6.07, 6.45) is -0.0306. The van der Waals surface area contributed by atoms with Gasteiger partial charge in [0.05, 0.1) is 24.3 Å².